The van der Waals surface area contributed by atoms with E-state index in [-0.39, 0.29) is 17.9 Å². The molecule has 0 N–H and O–H groups in total. The van der Waals surface area contributed by atoms with E-state index in [1.54, 1.807) is 31.2 Å². The lowest BCUT2D eigenvalue weighted by Crippen LogP contribution is -2.30. The second-order valence-corrected chi connectivity index (χ2v) is 8.86. The lowest BCUT2D eigenvalue weighted by molar-refractivity contribution is -0.129. The first kappa shape index (κ1) is 20.6. The molecule has 5 rings (SSSR count). The van der Waals surface area contributed by atoms with Gasteiger partial charge in [-0.05, 0) is 44.9 Å². The highest BCUT2D eigenvalue weighted by atomic mass is 32.1. The van der Waals surface area contributed by atoms with Gasteiger partial charge in [-0.1, -0.05) is 12.1 Å². The van der Waals surface area contributed by atoms with E-state index in [1.165, 1.54) is 26.5 Å². The fourth-order valence-electron chi connectivity index (χ4n) is 4.22. The summed E-state index contributed by atoms with van der Waals surface area (Å²) in [7, 11) is 0. The van der Waals surface area contributed by atoms with Gasteiger partial charge in [0.25, 0.3) is 5.56 Å². The van der Waals surface area contributed by atoms with E-state index in [4.69, 9.17) is 0 Å². The van der Waals surface area contributed by atoms with Crippen molar-refractivity contribution in [2.45, 2.75) is 33.1 Å². The van der Waals surface area contributed by atoms with Gasteiger partial charge in [0, 0.05) is 29.9 Å². The number of aryl methyl sites for hydroxylation is 2. The van der Waals surface area contributed by atoms with Crippen LogP contribution in [-0.2, 0) is 11.2 Å². The van der Waals surface area contributed by atoms with Gasteiger partial charge in [0.15, 0.2) is 4.96 Å². The molecule has 0 aliphatic carbocycles. The summed E-state index contributed by atoms with van der Waals surface area (Å²) in [6.07, 6.45) is 2.20. The summed E-state index contributed by atoms with van der Waals surface area (Å²) in [4.78, 5) is 33.2. The van der Waals surface area contributed by atoms with Crippen LogP contribution in [0.5, 0.6) is 0 Å². The molecule has 0 saturated carbocycles. The average molecular weight is 452 g/mol. The summed E-state index contributed by atoms with van der Waals surface area (Å²) in [6, 6.07) is 8.13. The molecule has 0 spiro atoms. The van der Waals surface area contributed by atoms with Crippen LogP contribution in [0.25, 0.3) is 21.9 Å². The standard InChI is InChI=1S/C23H22FN5O2S/c1-14-11-18(26-29(14)19-8-4-3-7-17(19)24)21-15(2)25-23-28(22(21)31)16(13-32-23)12-20(30)27-9-5-6-10-27/h3-4,7-8,11,13H,5-6,9-10,12H2,1-2H3. The molecule has 1 aliphatic heterocycles. The van der Waals surface area contributed by atoms with E-state index in [2.05, 4.69) is 10.1 Å². The van der Waals surface area contributed by atoms with Crippen LogP contribution < -0.4 is 5.56 Å². The quantitative estimate of drug-likeness (QED) is 0.476. The average Bonchev–Trinajstić information content (AvgIpc) is 3.49. The topological polar surface area (TPSA) is 72.5 Å². The minimum Gasteiger partial charge on any atom is -0.342 e. The van der Waals surface area contributed by atoms with Gasteiger partial charge in [-0.25, -0.2) is 14.1 Å². The van der Waals surface area contributed by atoms with Crippen LogP contribution in [0.15, 0.2) is 40.5 Å². The van der Waals surface area contributed by atoms with Crippen molar-refractivity contribution in [3.63, 3.8) is 0 Å². The number of benzene rings is 1. The molecule has 0 unspecified atom stereocenters. The molecule has 164 valence electrons. The molecule has 0 bridgehead atoms. The van der Waals surface area contributed by atoms with Gasteiger partial charge in [0.2, 0.25) is 5.91 Å². The van der Waals surface area contributed by atoms with Crippen molar-refractivity contribution < 1.29 is 9.18 Å². The molecule has 3 aromatic heterocycles. The Morgan fingerprint density at radius 1 is 1.19 bits per heavy atom. The lowest BCUT2D eigenvalue weighted by atomic mass is 10.1. The number of fused-ring (bicyclic) bond motifs is 1. The highest BCUT2D eigenvalue weighted by Gasteiger charge is 2.23. The van der Waals surface area contributed by atoms with Crippen LogP contribution >= 0.6 is 11.3 Å². The molecule has 32 heavy (non-hydrogen) atoms. The molecule has 4 aromatic rings. The SMILES string of the molecule is Cc1nc2scc(CC(=O)N3CCCC3)n2c(=O)c1-c1cc(C)n(-c2ccccc2F)n1. The van der Waals surface area contributed by atoms with Crippen LogP contribution in [0.4, 0.5) is 4.39 Å². The van der Waals surface area contributed by atoms with E-state index >= 15 is 0 Å². The highest BCUT2D eigenvalue weighted by Crippen LogP contribution is 2.24. The molecular weight excluding hydrogens is 429 g/mol. The number of hydrogen-bond donors (Lipinski definition) is 0. The number of para-hydroxylation sites is 1. The largest absolute Gasteiger partial charge is 0.342 e. The molecule has 0 radical (unpaired) electrons. The number of rotatable bonds is 4. The third kappa shape index (κ3) is 3.42. The van der Waals surface area contributed by atoms with E-state index in [1.807, 2.05) is 17.2 Å². The van der Waals surface area contributed by atoms with E-state index in [0.29, 0.717) is 39.0 Å². The number of thiazole rings is 1. The fraction of sp³-hybridized carbons (Fsp3) is 0.304. The zero-order valence-corrected chi connectivity index (χ0v) is 18.7. The maximum Gasteiger partial charge on any atom is 0.268 e. The second-order valence-electron chi connectivity index (χ2n) is 8.02. The van der Waals surface area contributed by atoms with Crippen molar-refractivity contribution in [3.05, 3.63) is 69.0 Å². The molecule has 1 saturated heterocycles. The van der Waals surface area contributed by atoms with Crippen LogP contribution in [-0.4, -0.2) is 43.1 Å². The first-order valence-electron chi connectivity index (χ1n) is 10.5. The van der Waals surface area contributed by atoms with Crippen LogP contribution in [0.3, 0.4) is 0 Å². The van der Waals surface area contributed by atoms with Crippen molar-refractivity contribution in [2.75, 3.05) is 13.1 Å². The molecule has 1 aliphatic rings. The number of amides is 1. The minimum absolute atomic E-state index is 0.0240. The molecule has 1 fully saturated rings. The lowest BCUT2D eigenvalue weighted by Gasteiger charge is -2.14. The summed E-state index contributed by atoms with van der Waals surface area (Å²) in [5.41, 5.74) is 2.71. The minimum atomic E-state index is -0.396. The van der Waals surface area contributed by atoms with Gasteiger partial charge in [-0.3, -0.25) is 14.0 Å². The van der Waals surface area contributed by atoms with Crippen molar-refractivity contribution in [3.8, 4) is 16.9 Å². The van der Waals surface area contributed by atoms with E-state index < -0.39 is 5.82 Å². The number of nitrogens with zero attached hydrogens (tertiary/aromatic N) is 5. The Hall–Kier alpha value is -3.33. The smallest absolute Gasteiger partial charge is 0.268 e. The summed E-state index contributed by atoms with van der Waals surface area (Å²) in [5.74, 6) is -0.372. The fourth-order valence-corrected chi connectivity index (χ4v) is 5.15. The van der Waals surface area contributed by atoms with Crippen LogP contribution in [0.1, 0.15) is 29.9 Å². The third-order valence-corrected chi connectivity index (χ3v) is 6.71. The van der Waals surface area contributed by atoms with Gasteiger partial charge in [0.05, 0.1) is 17.7 Å². The zero-order valence-electron chi connectivity index (χ0n) is 17.8. The number of hydrogen-bond acceptors (Lipinski definition) is 5. The second kappa shape index (κ2) is 7.98. The molecular formula is C23H22FN5O2S. The van der Waals surface area contributed by atoms with Crippen molar-refractivity contribution in [1.82, 2.24) is 24.1 Å². The summed E-state index contributed by atoms with van der Waals surface area (Å²) >= 11 is 1.34. The first-order valence-corrected chi connectivity index (χ1v) is 11.4. The summed E-state index contributed by atoms with van der Waals surface area (Å²) in [6.45, 7) is 5.12. The Kier molecular flexibility index (Phi) is 5.13. The zero-order chi connectivity index (χ0) is 22.4. The molecule has 4 heterocycles. The van der Waals surface area contributed by atoms with Gasteiger partial charge in [-0.2, -0.15) is 5.10 Å². The van der Waals surface area contributed by atoms with Crippen molar-refractivity contribution in [2.24, 2.45) is 0 Å². The predicted octanol–water partition coefficient (Wildman–Crippen LogP) is 3.53. The van der Waals surface area contributed by atoms with E-state index in [9.17, 15) is 14.0 Å². The maximum absolute atomic E-state index is 14.3. The van der Waals surface area contributed by atoms with Gasteiger partial charge >= 0.3 is 0 Å². The summed E-state index contributed by atoms with van der Waals surface area (Å²) < 4.78 is 17.3. The van der Waals surface area contributed by atoms with Gasteiger partial charge in [-0.15, -0.1) is 11.3 Å². The first-order chi connectivity index (χ1) is 15.4. The predicted molar refractivity (Wildman–Crippen MR) is 121 cm³/mol. The molecule has 9 heteroatoms. The number of halogens is 1. The number of carbonyl (C=O) groups excluding carboxylic acids is 1. The van der Waals surface area contributed by atoms with Gasteiger partial charge in [0.1, 0.15) is 17.2 Å². The van der Waals surface area contributed by atoms with E-state index in [0.717, 1.165) is 25.9 Å². The monoisotopic (exact) mass is 451 g/mol. The number of carbonyl (C=O) groups is 1. The van der Waals surface area contributed by atoms with Crippen LogP contribution in [0, 0.1) is 19.7 Å². The number of likely N-dealkylation sites (tertiary alicyclic amines) is 1. The van der Waals surface area contributed by atoms with Crippen molar-refractivity contribution >= 4 is 22.2 Å². The molecule has 1 amide bonds. The van der Waals surface area contributed by atoms with Gasteiger partial charge < -0.3 is 4.90 Å². The molecule has 0 atom stereocenters. The summed E-state index contributed by atoms with van der Waals surface area (Å²) in [5, 5.41) is 6.35. The van der Waals surface area contributed by atoms with Crippen LogP contribution in [0.2, 0.25) is 0 Å². The maximum atomic E-state index is 14.3. The Bertz CT molecular complexity index is 1400. The number of aromatic nitrogens is 4. The normalized spacial score (nSPS) is 13.9. The third-order valence-electron chi connectivity index (χ3n) is 5.84. The Morgan fingerprint density at radius 2 is 1.94 bits per heavy atom. The molecule has 1 aromatic carbocycles. The Balaban J connectivity index is 1.59. The Labute approximate surface area is 187 Å². The Morgan fingerprint density at radius 3 is 2.69 bits per heavy atom. The highest BCUT2D eigenvalue weighted by molar-refractivity contribution is 7.15. The van der Waals surface area contributed by atoms with Crippen molar-refractivity contribution in [1.29, 1.82) is 0 Å². The molecule has 7 nitrogen and oxygen atoms in total.